The summed E-state index contributed by atoms with van der Waals surface area (Å²) in [5.41, 5.74) is 3.81. The first-order valence-corrected chi connectivity index (χ1v) is 18.5. The van der Waals surface area contributed by atoms with Gasteiger partial charge in [-0.25, -0.2) is 0 Å². The van der Waals surface area contributed by atoms with Gasteiger partial charge in [-0.2, -0.15) is 18.4 Å². The van der Waals surface area contributed by atoms with Gasteiger partial charge in [-0.15, -0.1) is 0 Å². The second kappa shape index (κ2) is 19.1. The molecule has 0 radical (unpaired) electrons. The Labute approximate surface area is 326 Å². The molecular formula is C44H47F3N6O3. The molecule has 292 valence electrons. The molecule has 0 bridgehead atoms. The average Bonchev–Trinajstić information content (AvgIpc) is 3.20. The van der Waals surface area contributed by atoms with E-state index in [-0.39, 0.29) is 24.8 Å². The Morgan fingerprint density at radius 3 is 2.09 bits per heavy atom. The molecule has 0 aromatic heterocycles. The van der Waals surface area contributed by atoms with E-state index in [1.165, 1.54) is 29.2 Å². The molecule has 4 aromatic rings. The van der Waals surface area contributed by atoms with Gasteiger partial charge in [0.1, 0.15) is 6.04 Å². The van der Waals surface area contributed by atoms with Gasteiger partial charge >= 0.3 is 6.18 Å². The Bertz CT molecular complexity index is 2000. The number of rotatable bonds is 14. The van der Waals surface area contributed by atoms with E-state index in [4.69, 9.17) is 0 Å². The number of hydrogen-bond donors (Lipinski definition) is 0. The molecule has 0 N–H and O–H groups in total. The molecule has 1 atom stereocenters. The highest BCUT2D eigenvalue weighted by atomic mass is 19.4. The van der Waals surface area contributed by atoms with Crippen LogP contribution in [0.4, 0.5) is 18.9 Å². The maximum absolute atomic E-state index is 14.5. The molecular weight excluding hydrogens is 718 g/mol. The summed E-state index contributed by atoms with van der Waals surface area (Å²) in [4.78, 5) is 49.8. The summed E-state index contributed by atoms with van der Waals surface area (Å²) in [5.74, 6) is -0.673. The van der Waals surface area contributed by atoms with Crippen molar-refractivity contribution in [1.82, 2.24) is 19.6 Å². The van der Waals surface area contributed by atoms with Crippen molar-refractivity contribution in [3.63, 3.8) is 0 Å². The number of nitrogens with zero attached hydrogens (tertiary/aromatic N) is 6. The fourth-order valence-electron chi connectivity index (χ4n) is 6.66. The SMILES string of the molecule is CC(=O)N1CCN(c2ccc(CN(C(=O)C=Cc3ccc(C(F)(F)F)cc3)C(Cc3ccccc3)C(=O)N(C)CCN(C)Cc3cccc(C#N)c3)cc2)CC1. The summed E-state index contributed by atoms with van der Waals surface area (Å²) in [6, 6.07) is 30.4. The number of likely N-dealkylation sites (N-methyl/N-ethyl adjacent to an activating group) is 2. The van der Waals surface area contributed by atoms with Crippen molar-refractivity contribution in [3.8, 4) is 6.07 Å². The monoisotopic (exact) mass is 764 g/mol. The summed E-state index contributed by atoms with van der Waals surface area (Å²) in [6.07, 6.45) is -1.48. The standard InChI is InChI=1S/C44H47F3N6O3/c1-33(54)51-24-26-52(27-25-51)40-19-14-36(15-20-40)32-53(42(55)21-16-34-12-17-39(18-13-34)44(45,46)47)41(29-35-8-5-4-6-9-35)43(56)50(3)23-22-49(2)31-38-11-7-10-37(28-38)30-48/h4-21,28,41H,22-27,29,31-32H2,1-3H3. The van der Waals surface area contributed by atoms with E-state index in [1.807, 2.05) is 84.7 Å². The lowest BCUT2D eigenvalue weighted by Gasteiger charge is -2.36. The fourth-order valence-corrected chi connectivity index (χ4v) is 6.66. The molecule has 9 nitrogen and oxygen atoms in total. The number of piperazine rings is 1. The zero-order valence-corrected chi connectivity index (χ0v) is 32.0. The van der Waals surface area contributed by atoms with Gasteiger partial charge in [-0.1, -0.05) is 66.7 Å². The number of benzene rings is 4. The van der Waals surface area contributed by atoms with Crippen LogP contribution in [0.3, 0.4) is 0 Å². The first-order valence-electron chi connectivity index (χ1n) is 18.5. The van der Waals surface area contributed by atoms with Crippen LogP contribution in [0.1, 0.15) is 40.3 Å². The van der Waals surface area contributed by atoms with Crippen LogP contribution in [0.5, 0.6) is 0 Å². The lowest BCUT2D eigenvalue weighted by atomic mass is 10.0. The number of halogens is 3. The quantitative estimate of drug-likeness (QED) is 0.137. The van der Waals surface area contributed by atoms with E-state index in [2.05, 4.69) is 15.9 Å². The molecule has 1 saturated heterocycles. The molecule has 3 amide bonds. The molecule has 0 aliphatic carbocycles. The van der Waals surface area contributed by atoms with Crippen LogP contribution in [0.25, 0.3) is 6.08 Å². The molecule has 1 aliphatic rings. The first kappa shape index (κ1) is 41.2. The van der Waals surface area contributed by atoms with Crippen LogP contribution in [0.15, 0.2) is 109 Å². The molecule has 56 heavy (non-hydrogen) atoms. The molecule has 1 aliphatic heterocycles. The van der Waals surface area contributed by atoms with Gasteiger partial charge in [0.2, 0.25) is 17.7 Å². The van der Waals surface area contributed by atoms with Crippen LogP contribution in [-0.4, -0.2) is 96.7 Å². The molecule has 1 fully saturated rings. The predicted octanol–water partition coefficient (Wildman–Crippen LogP) is 6.49. The van der Waals surface area contributed by atoms with E-state index < -0.39 is 23.7 Å². The predicted molar refractivity (Wildman–Crippen MR) is 211 cm³/mol. The molecule has 12 heteroatoms. The minimum absolute atomic E-state index is 0.0525. The van der Waals surface area contributed by atoms with Crippen LogP contribution in [0, 0.1) is 11.3 Å². The van der Waals surface area contributed by atoms with Crippen molar-refractivity contribution < 1.29 is 27.6 Å². The highest BCUT2D eigenvalue weighted by Crippen LogP contribution is 2.29. The lowest BCUT2D eigenvalue weighted by Crippen LogP contribution is -2.51. The Hall–Kier alpha value is -5.93. The Morgan fingerprint density at radius 2 is 1.46 bits per heavy atom. The van der Waals surface area contributed by atoms with Crippen molar-refractivity contribution in [2.24, 2.45) is 0 Å². The maximum Gasteiger partial charge on any atom is 0.416 e. The fraction of sp³-hybridized carbons (Fsp3) is 0.318. The number of carbonyl (C=O) groups excluding carboxylic acids is 3. The third-order valence-corrected chi connectivity index (χ3v) is 9.95. The van der Waals surface area contributed by atoms with Gasteiger partial charge < -0.3 is 24.5 Å². The number of alkyl halides is 3. The largest absolute Gasteiger partial charge is 0.416 e. The Balaban J connectivity index is 1.40. The van der Waals surface area contributed by atoms with Gasteiger partial charge in [0, 0.05) is 84.5 Å². The summed E-state index contributed by atoms with van der Waals surface area (Å²) in [6.45, 7) is 5.79. The number of hydrogen-bond acceptors (Lipinski definition) is 6. The summed E-state index contributed by atoms with van der Waals surface area (Å²) in [5, 5.41) is 9.30. The van der Waals surface area contributed by atoms with Crippen LogP contribution in [-0.2, 0) is 40.1 Å². The number of anilines is 1. The molecule has 4 aromatic carbocycles. The van der Waals surface area contributed by atoms with Crippen LogP contribution in [0.2, 0.25) is 0 Å². The Kier molecular flexibility index (Phi) is 14.1. The third kappa shape index (κ3) is 11.5. The van der Waals surface area contributed by atoms with E-state index in [0.717, 1.165) is 34.5 Å². The zero-order valence-electron chi connectivity index (χ0n) is 32.0. The van der Waals surface area contributed by atoms with E-state index in [9.17, 15) is 32.8 Å². The molecule has 0 spiro atoms. The topological polar surface area (TPSA) is 91.2 Å². The van der Waals surface area contributed by atoms with Gasteiger partial charge in [0.25, 0.3) is 0 Å². The molecule has 0 saturated carbocycles. The van der Waals surface area contributed by atoms with Gasteiger partial charge in [0.15, 0.2) is 0 Å². The van der Waals surface area contributed by atoms with E-state index in [1.54, 1.807) is 24.9 Å². The first-order chi connectivity index (χ1) is 26.8. The second-order valence-corrected chi connectivity index (χ2v) is 14.1. The normalized spacial score (nSPS) is 13.8. The maximum atomic E-state index is 14.5. The molecule has 1 unspecified atom stereocenters. The van der Waals surface area contributed by atoms with Crippen molar-refractivity contribution in [1.29, 1.82) is 5.26 Å². The lowest BCUT2D eigenvalue weighted by molar-refractivity contribution is -0.143. The van der Waals surface area contributed by atoms with Crippen molar-refractivity contribution in [2.75, 3.05) is 58.3 Å². The number of carbonyl (C=O) groups is 3. The number of amides is 3. The van der Waals surface area contributed by atoms with Gasteiger partial charge in [-0.05, 0) is 71.8 Å². The van der Waals surface area contributed by atoms with E-state index >= 15 is 0 Å². The average molecular weight is 765 g/mol. The summed E-state index contributed by atoms with van der Waals surface area (Å²) in [7, 11) is 3.65. The summed E-state index contributed by atoms with van der Waals surface area (Å²) >= 11 is 0. The van der Waals surface area contributed by atoms with Crippen LogP contribution < -0.4 is 4.90 Å². The second-order valence-electron chi connectivity index (χ2n) is 14.1. The minimum atomic E-state index is -4.48. The summed E-state index contributed by atoms with van der Waals surface area (Å²) < 4.78 is 39.6. The molecule has 1 heterocycles. The highest BCUT2D eigenvalue weighted by Gasteiger charge is 2.32. The van der Waals surface area contributed by atoms with Crippen molar-refractivity contribution in [3.05, 3.63) is 143 Å². The molecule has 5 rings (SSSR count). The zero-order chi connectivity index (χ0) is 40.2. The smallest absolute Gasteiger partial charge is 0.368 e. The Morgan fingerprint density at radius 1 is 0.804 bits per heavy atom. The van der Waals surface area contributed by atoms with Gasteiger partial charge in [-0.3, -0.25) is 14.4 Å². The third-order valence-electron chi connectivity index (χ3n) is 9.95. The van der Waals surface area contributed by atoms with Crippen LogP contribution >= 0.6 is 0 Å². The highest BCUT2D eigenvalue weighted by molar-refractivity contribution is 5.95. The minimum Gasteiger partial charge on any atom is -0.368 e. The van der Waals surface area contributed by atoms with Gasteiger partial charge in [0.05, 0.1) is 17.2 Å². The van der Waals surface area contributed by atoms with Crippen molar-refractivity contribution >= 4 is 29.5 Å². The number of nitriles is 1. The van der Waals surface area contributed by atoms with Crippen molar-refractivity contribution in [2.45, 2.75) is 38.7 Å². The van der Waals surface area contributed by atoms with E-state index in [0.29, 0.717) is 56.9 Å².